The molecule has 15 heavy (non-hydrogen) atoms. The van der Waals surface area contributed by atoms with Crippen LogP contribution in [0.3, 0.4) is 0 Å². The van der Waals surface area contributed by atoms with E-state index in [9.17, 15) is 17.2 Å². The molecule has 6 heteroatoms. The van der Waals surface area contributed by atoms with Gasteiger partial charge < -0.3 is 5.11 Å². The standard InChI is InChI=1S/C9H10F2O3S/c1-15(13,14)7-4-2-6(3-5-7)8(12)9(10)11/h2-5,8-9,12H,1H3. The van der Waals surface area contributed by atoms with Gasteiger partial charge in [0.05, 0.1) is 4.90 Å². The highest BCUT2D eigenvalue weighted by Crippen LogP contribution is 2.21. The van der Waals surface area contributed by atoms with E-state index in [0.717, 1.165) is 6.26 Å². The van der Waals surface area contributed by atoms with Crippen LogP contribution in [-0.4, -0.2) is 26.2 Å². The molecule has 1 unspecified atom stereocenters. The maximum absolute atomic E-state index is 12.1. The molecule has 0 fully saturated rings. The molecule has 1 N–H and O–H groups in total. The Hall–Kier alpha value is -1.01. The minimum Gasteiger partial charge on any atom is -0.382 e. The monoisotopic (exact) mass is 236 g/mol. The third-order valence-electron chi connectivity index (χ3n) is 1.89. The fraction of sp³-hybridized carbons (Fsp3) is 0.333. The van der Waals surface area contributed by atoms with Crippen molar-refractivity contribution >= 4 is 9.84 Å². The van der Waals surface area contributed by atoms with Crippen LogP contribution in [0.15, 0.2) is 29.2 Å². The Morgan fingerprint density at radius 2 is 1.67 bits per heavy atom. The molecule has 3 nitrogen and oxygen atoms in total. The van der Waals surface area contributed by atoms with Crippen LogP contribution in [0.4, 0.5) is 8.78 Å². The predicted octanol–water partition coefficient (Wildman–Crippen LogP) is 1.39. The number of halogens is 2. The largest absolute Gasteiger partial charge is 0.382 e. The zero-order chi connectivity index (χ0) is 11.6. The van der Waals surface area contributed by atoms with Crippen molar-refractivity contribution in [2.45, 2.75) is 17.4 Å². The lowest BCUT2D eigenvalue weighted by Gasteiger charge is -2.09. The average Bonchev–Trinajstić information content (AvgIpc) is 2.15. The van der Waals surface area contributed by atoms with Crippen molar-refractivity contribution in [1.82, 2.24) is 0 Å². The van der Waals surface area contributed by atoms with Crippen LogP contribution in [0.2, 0.25) is 0 Å². The highest BCUT2D eigenvalue weighted by atomic mass is 32.2. The van der Waals surface area contributed by atoms with Crippen molar-refractivity contribution in [3.05, 3.63) is 29.8 Å². The van der Waals surface area contributed by atoms with Crippen LogP contribution in [0.25, 0.3) is 0 Å². The lowest BCUT2D eigenvalue weighted by atomic mass is 10.1. The number of benzene rings is 1. The van der Waals surface area contributed by atoms with Crippen molar-refractivity contribution in [2.24, 2.45) is 0 Å². The van der Waals surface area contributed by atoms with Gasteiger partial charge in [0.1, 0.15) is 6.10 Å². The molecule has 1 aromatic carbocycles. The molecule has 0 saturated heterocycles. The van der Waals surface area contributed by atoms with Gasteiger partial charge in [0, 0.05) is 6.26 Å². The molecule has 0 aliphatic heterocycles. The van der Waals surface area contributed by atoms with Crippen molar-refractivity contribution in [3.63, 3.8) is 0 Å². The van der Waals surface area contributed by atoms with Gasteiger partial charge in [0.25, 0.3) is 6.43 Å². The quantitative estimate of drug-likeness (QED) is 0.862. The number of hydrogen-bond acceptors (Lipinski definition) is 3. The van der Waals surface area contributed by atoms with Gasteiger partial charge >= 0.3 is 0 Å². The second kappa shape index (κ2) is 4.24. The summed E-state index contributed by atoms with van der Waals surface area (Å²) in [5.41, 5.74) is -0.00241. The number of rotatable bonds is 3. The molecule has 1 aromatic rings. The van der Waals surface area contributed by atoms with Gasteiger partial charge in [0.2, 0.25) is 0 Å². The van der Waals surface area contributed by atoms with E-state index in [2.05, 4.69) is 0 Å². The molecule has 0 aromatic heterocycles. The second-order valence-electron chi connectivity index (χ2n) is 3.12. The maximum atomic E-state index is 12.1. The Kier molecular flexibility index (Phi) is 3.41. The molecule has 1 rings (SSSR count). The van der Waals surface area contributed by atoms with Crippen molar-refractivity contribution in [2.75, 3.05) is 6.26 Å². The highest BCUT2D eigenvalue weighted by Gasteiger charge is 2.19. The topological polar surface area (TPSA) is 54.4 Å². The van der Waals surface area contributed by atoms with E-state index < -0.39 is 22.4 Å². The molecule has 0 aliphatic rings. The summed E-state index contributed by atoms with van der Waals surface area (Å²) in [6.07, 6.45) is -3.74. The minimum atomic E-state index is -3.33. The first-order valence-electron chi connectivity index (χ1n) is 4.08. The molecule has 1 atom stereocenters. The first-order valence-corrected chi connectivity index (χ1v) is 5.98. The van der Waals surface area contributed by atoms with Gasteiger partial charge in [-0.3, -0.25) is 0 Å². The molecule has 84 valence electrons. The summed E-state index contributed by atoms with van der Waals surface area (Å²) in [6, 6.07) is 4.73. The van der Waals surface area contributed by atoms with E-state index in [1.54, 1.807) is 0 Å². The SMILES string of the molecule is CS(=O)(=O)c1ccc(C(O)C(F)F)cc1. The molecule has 0 spiro atoms. The number of aliphatic hydroxyl groups is 1. The Morgan fingerprint density at radius 1 is 1.20 bits per heavy atom. The second-order valence-corrected chi connectivity index (χ2v) is 5.14. The zero-order valence-corrected chi connectivity index (χ0v) is 8.71. The van der Waals surface area contributed by atoms with Crippen molar-refractivity contribution in [1.29, 1.82) is 0 Å². The van der Waals surface area contributed by atoms with Gasteiger partial charge in [0.15, 0.2) is 9.84 Å². The molecule has 0 aliphatic carbocycles. The zero-order valence-electron chi connectivity index (χ0n) is 7.89. The summed E-state index contributed by atoms with van der Waals surface area (Å²) in [6.45, 7) is 0. The van der Waals surface area contributed by atoms with Crippen molar-refractivity contribution in [3.8, 4) is 0 Å². The van der Waals surface area contributed by atoms with Crippen molar-refractivity contribution < 1.29 is 22.3 Å². The van der Waals surface area contributed by atoms with Crippen LogP contribution in [0, 0.1) is 0 Å². The summed E-state index contributed by atoms with van der Waals surface area (Å²) < 4.78 is 46.2. The first kappa shape index (κ1) is 12.1. The van der Waals surface area contributed by atoms with Crippen LogP contribution in [0.1, 0.15) is 11.7 Å². The number of hydrogen-bond donors (Lipinski definition) is 1. The van der Waals surface area contributed by atoms with Crippen LogP contribution < -0.4 is 0 Å². The van der Waals surface area contributed by atoms with Crippen LogP contribution in [0.5, 0.6) is 0 Å². The number of sulfone groups is 1. The third kappa shape index (κ3) is 2.97. The van der Waals surface area contributed by atoms with Gasteiger partial charge in [-0.2, -0.15) is 0 Å². The summed E-state index contributed by atoms with van der Waals surface area (Å²) in [4.78, 5) is 0.0349. The van der Waals surface area contributed by atoms with Gasteiger partial charge in [-0.25, -0.2) is 17.2 Å². The van der Waals surface area contributed by atoms with E-state index in [1.165, 1.54) is 24.3 Å². The Bertz CT molecular complexity index is 425. The summed E-state index contributed by atoms with van der Waals surface area (Å²) in [5.74, 6) is 0. The molecule has 0 saturated carbocycles. The molecule has 0 amide bonds. The summed E-state index contributed by atoms with van der Waals surface area (Å²) >= 11 is 0. The Morgan fingerprint density at radius 3 is 2.00 bits per heavy atom. The fourth-order valence-corrected chi connectivity index (χ4v) is 1.69. The molecule has 0 heterocycles. The summed E-state index contributed by atoms with van der Waals surface area (Å²) in [5, 5.41) is 8.99. The maximum Gasteiger partial charge on any atom is 0.268 e. The lowest BCUT2D eigenvalue weighted by molar-refractivity contribution is -0.00580. The molecule has 0 radical (unpaired) electrons. The number of alkyl halides is 2. The average molecular weight is 236 g/mol. The van der Waals surface area contributed by atoms with E-state index in [0.29, 0.717) is 0 Å². The normalized spacial score (nSPS) is 14.2. The highest BCUT2D eigenvalue weighted by molar-refractivity contribution is 7.90. The molecule has 0 bridgehead atoms. The first-order chi connectivity index (χ1) is 6.82. The Labute approximate surface area is 86.3 Å². The molecular formula is C9H10F2O3S. The smallest absolute Gasteiger partial charge is 0.268 e. The van der Waals surface area contributed by atoms with Crippen LogP contribution >= 0.6 is 0 Å². The van der Waals surface area contributed by atoms with E-state index >= 15 is 0 Å². The van der Waals surface area contributed by atoms with Gasteiger partial charge in [-0.05, 0) is 17.7 Å². The van der Waals surface area contributed by atoms with Gasteiger partial charge in [-0.15, -0.1) is 0 Å². The fourth-order valence-electron chi connectivity index (χ4n) is 1.06. The lowest BCUT2D eigenvalue weighted by Crippen LogP contribution is -2.08. The molecular weight excluding hydrogens is 226 g/mol. The van der Waals surface area contributed by atoms with E-state index in [-0.39, 0.29) is 10.5 Å². The summed E-state index contributed by atoms with van der Waals surface area (Å²) in [7, 11) is -3.33. The van der Waals surface area contributed by atoms with E-state index in [4.69, 9.17) is 5.11 Å². The number of aliphatic hydroxyl groups excluding tert-OH is 1. The Balaban J connectivity index is 3.01. The van der Waals surface area contributed by atoms with Crippen LogP contribution in [-0.2, 0) is 9.84 Å². The van der Waals surface area contributed by atoms with Gasteiger partial charge in [-0.1, -0.05) is 12.1 Å². The minimum absolute atomic E-state index is 0.00241. The predicted molar refractivity (Wildman–Crippen MR) is 50.5 cm³/mol. The third-order valence-corrected chi connectivity index (χ3v) is 3.02. The van der Waals surface area contributed by atoms with E-state index in [1.807, 2.05) is 0 Å².